The van der Waals surface area contributed by atoms with E-state index in [4.69, 9.17) is 4.42 Å². The molecule has 0 bridgehead atoms. The Kier molecular flexibility index (Phi) is 9.26. The molecular weight excluding hydrogens is 624 g/mol. The summed E-state index contributed by atoms with van der Waals surface area (Å²) in [6.07, 6.45) is -7.93. The number of benzene rings is 3. The highest BCUT2D eigenvalue weighted by Gasteiger charge is 2.48. The first-order valence-electron chi connectivity index (χ1n) is 13.7. The fraction of sp³-hybridized carbons (Fsp3) is 0.312. The molecule has 240 valence electrons. The molecule has 1 aromatic heterocycles. The van der Waals surface area contributed by atoms with E-state index in [0.717, 1.165) is 32.2 Å². The van der Waals surface area contributed by atoms with Crippen molar-refractivity contribution in [2.45, 2.75) is 46.2 Å². The summed E-state index contributed by atoms with van der Waals surface area (Å²) < 4.78 is 114. The number of Topliss-reactive ketones (excluding diaryl/α,β-unsaturated/α-hetero) is 2. The van der Waals surface area contributed by atoms with Crippen molar-refractivity contribution in [3.63, 3.8) is 0 Å². The molecule has 0 atom stereocenters. The second-order valence-corrected chi connectivity index (χ2v) is 13.1. The molecule has 0 aliphatic rings. The fourth-order valence-electron chi connectivity index (χ4n) is 4.83. The highest BCUT2D eigenvalue weighted by Crippen LogP contribution is 2.44. The molecule has 0 radical (unpaired) electrons. The molecule has 0 unspecified atom stereocenters. The van der Waals surface area contributed by atoms with Crippen molar-refractivity contribution in [3.8, 4) is 22.5 Å². The van der Waals surface area contributed by atoms with E-state index in [9.17, 15) is 44.3 Å². The van der Waals surface area contributed by atoms with Crippen molar-refractivity contribution >= 4 is 38.2 Å². The van der Waals surface area contributed by atoms with Crippen molar-refractivity contribution in [1.29, 1.82) is 0 Å². The largest absolute Gasteiger partial charge is 0.455 e. The number of rotatable bonds is 11. The van der Waals surface area contributed by atoms with Crippen LogP contribution < -0.4 is 4.31 Å². The lowest BCUT2D eigenvalue weighted by molar-refractivity contribution is -0.210. The van der Waals surface area contributed by atoms with Crippen LogP contribution in [0.4, 0.5) is 32.0 Å². The van der Waals surface area contributed by atoms with E-state index in [0.29, 0.717) is 9.87 Å². The van der Waals surface area contributed by atoms with E-state index in [2.05, 4.69) is 0 Å². The normalized spacial score (nSPS) is 12.6. The zero-order valence-electron chi connectivity index (χ0n) is 24.6. The molecule has 6 nitrogen and oxygen atoms in total. The van der Waals surface area contributed by atoms with E-state index in [1.54, 1.807) is 6.92 Å². The highest BCUT2D eigenvalue weighted by atomic mass is 32.2. The molecule has 13 heteroatoms. The van der Waals surface area contributed by atoms with Crippen molar-refractivity contribution in [3.05, 3.63) is 77.6 Å². The number of ketones is 2. The SMILES string of the molecule is CCC(=O)c1c(-c2ccc(F)cc2)oc2cc(N(CC(F)F)S(C)(=O)=O)c(-c3cccc(C(=O)CC(C)(C)C(F)(F)F)c3)cc12. The minimum atomic E-state index is -4.67. The van der Waals surface area contributed by atoms with Gasteiger partial charge >= 0.3 is 6.18 Å². The van der Waals surface area contributed by atoms with Crippen LogP contribution in [-0.4, -0.2) is 45.4 Å². The van der Waals surface area contributed by atoms with Crippen LogP contribution in [0.25, 0.3) is 33.4 Å². The zero-order valence-corrected chi connectivity index (χ0v) is 25.5. The Morgan fingerprint density at radius 2 is 1.58 bits per heavy atom. The number of carbonyl (C=O) groups is 2. The van der Waals surface area contributed by atoms with Gasteiger partial charge in [-0.15, -0.1) is 0 Å². The van der Waals surface area contributed by atoms with Gasteiger partial charge in [-0.1, -0.05) is 39.0 Å². The molecule has 0 spiro atoms. The molecule has 0 aliphatic heterocycles. The lowest BCUT2D eigenvalue weighted by Gasteiger charge is -2.27. The predicted octanol–water partition coefficient (Wildman–Crippen LogP) is 8.69. The standard InChI is InChI=1S/C32H29F6NO5S/c1-5-25(40)29-23-14-22(19-7-6-8-20(13-19)26(41)16-31(2,3)32(36,37)38)24(39(17-28(34)35)45(4,42)43)15-27(23)44-30(29)18-9-11-21(33)12-10-18/h6-15,28H,5,16-17H2,1-4H3. The number of carbonyl (C=O) groups excluding carboxylic acids is 2. The molecule has 0 aliphatic carbocycles. The Morgan fingerprint density at radius 3 is 2.13 bits per heavy atom. The molecule has 0 fully saturated rings. The van der Waals surface area contributed by atoms with Gasteiger partial charge in [-0.25, -0.2) is 21.6 Å². The van der Waals surface area contributed by atoms with Gasteiger partial charge in [-0.05, 0) is 42.0 Å². The lowest BCUT2D eigenvalue weighted by Crippen LogP contribution is -2.34. The minimum absolute atomic E-state index is 0.00471. The molecule has 1 heterocycles. The maximum atomic E-state index is 13.7. The second-order valence-electron chi connectivity index (χ2n) is 11.2. The van der Waals surface area contributed by atoms with Crippen LogP contribution in [0, 0.1) is 11.2 Å². The number of furan rings is 1. The first-order chi connectivity index (χ1) is 20.8. The first kappa shape index (κ1) is 33.8. The smallest absolute Gasteiger partial charge is 0.394 e. The monoisotopic (exact) mass is 653 g/mol. The van der Waals surface area contributed by atoms with Gasteiger partial charge < -0.3 is 4.42 Å². The van der Waals surface area contributed by atoms with Gasteiger partial charge in [-0.2, -0.15) is 13.2 Å². The number of nitrogens with zero attached hydrogens (tertiary/aromatic N) is 1. The third-order valence-electron chi connectivity index (χ3n) is 7.35. The van der Waals surface area contributed by atoms with Crippen molar-refractivity contribution < 1.29 is 48.8 Å². The molecular formula is C32H29F6NO5S. The number of halogens is 6. The summed E-state index contributed by atoms with van der Waals surface area (Å²) in [6, 6.07) is 12.9. The maximum Gasteiger partial charge on any atom is 0.394 e. The molecule has 0 saturated heterocycles. The number of anilines is 1. The zero-order chi connectivity index (χ0) is 33.5. The summed E-state index contributed by atoms with van der Waals surface area (Å²) in [5.41, 5.74) is -2.28. The van der Waals surface area contributed by atoms with Crippen LogP contribution in [0.1, 0.15) is 54.3 Å². The number of hydrogen-bond donors (Lipinski definition) is 0. The Hall–Kier alpha value is -4.13. The maximum absolute atomic E-state index is 13.7. The molecule has 45 heavy (non-hydrogen) atoms. The summed E-state index contributed by atoms with van der Waals surface area (Å²) in [7, 11) is -4.35. The van der Waals surface area contributed by atoms with E-state index >= 15 is 0 Å². The number of hydrogen-bond acceptors (Lipinski definition) is 5. The van der Waals surface area contributed by atoms with Gasteiger partial charge in [0.25, 0.3) is 6.43 Å². The van der Waals surface area contributed by atoms with Crippen LogP contribution in [-0.2, 0) is 10.0 Å². The molecule has 0 N–H and O–H groups in total. The van der Waals surface area contributed by atoms with Crippen LogP contribution in [0.5, 0.6) is 0 Å². The van der Waals surface area contributed by atoms with Gasteiger partial charge in [0.05, 0.1) is 29.5 Å². The van der Waals surface area contributed by atoms with Crippen LogP contribution in [0.15, 0.2) is 65.1 Å². The third kappa shape index (κ3) is 7.08. The van der Waals surface area contributed by atoms with E-state index < -0.39 is 58.4 Å². The van der Waals surface area contributed by atoms with Crippen molar-refractivity contribution in [1.82, 2.24) is 0 Å². The van der Waals surface area contributed by atoms with E-state index in [1.807, 2.05) is 0 Å². The average molecular weight is 654 g/mol. The van der Waals surface area contributed by atoms with Crippen LogP contribution in [0.2, 0.25) is 0 Å². The lowest BCUT2D eigenvalue weighted by atomic mass is 9.84. The van der Waals surface area contributed by atoms with E-state index in [-0.39, 0.29) is 51.1 Å². The number of alkyl halides is 5. The van der Waals surface area contributed by atoms with Crippen molar-refractivity contribution in [2.75, 3.05) is 17.1 Å². The second kappa shape index (κ2) is 12.3. The topological polar surface area (TPSA) is 84.7 Å². The van der Waals surface area contributed by atoms with Crippen LogP contribution in [0.3, 0.4) is 0 Å². The van der Waals surface area contributed by atoms with Gasteiger partial charge in [0.1, 0.15) is 17.2 Å². The van der Waals surface area contributed by atoms with Gasteiger partial charge in [-0.3, -0.25) is 13.9 Å². The quantitative estimate of drug-likeness (QED) is 0.119. The first-order valence-corrected chi connectivity index (χ1v) is 15.5. The summed E-state index contributed by atoms with van der Waals surface area (Å²) in [5.74, 6) is -1.75. The van der Waals surface area contributed by atoms with Crippen LogP contribution >= 0.6 is 0 Å². The molecule has 4 aromatic rings. The Labute approximate surface area is 255 Å². The Balaban J connectivity index is 2.02. The van der Waals surface area contributed by atoms with Gasteiger partial charge in [0, 0.05) is 41.0 Å². The molecule has 0 saturated carbocycles. The summed E-state index contributed by atoms with van der Waals surface area (Å²) >= 11 is 0. The summed E-state index contributed by atoms with van der Waals surface area (Å²) in [4.78, 5) is 26.2. The number of sulfonamides is 1. The third-order valence-corrected chi connectivity index (χ3v) is 8.50. The van der Waals surface area contributed by atoms with E-state index in [1.165, 1.54) is 48.5 Å². The molecule has 0 amide bonds. The van der Waals surface area contributed by atoms with Gasteiger partial charge in [0.2, 0.25) is 10.0 Å². The Morgan fingerprint density at radius 1 is 0.933 bits per heavy atom. The summed E-state index contributed by atoms with van der Waals surface area (Å²) in [5, 5.41) is 0.181. The molecule has 3 aromatic carbocycles. The fourth-order valence-corrected chi connectivity index (χ4v) is 5.72. The summed E-state index contributed by atoms with van der Waals surface area (Å²) in [6.45, 7) is 2.12. The highest BCUT2D eigenvalue weighted by molar-refractivity contribution is 7.92. The number of fused-ring (bicyclic) bond motifs is 1. The predicted molar refractivity (Wildman–Crippen MR) is 159 cm³/mol. The van der Waals surface area contributed by atoms with Gasteiger partial charge in [0.15, 0.2) is 11.6 Å². The van der Waals surface area contributed by atoms with Crippen molar-refractivity contribution in [2.24, 2.45) is 5.41 Å². The molecule has 4 rings (SSSR count). The minimum Gasteiger partial charge on any atom is -0.455 e. The Bertz CT molecular complexity index is 1860. The average Bonchev–Trinajstić information content (AvgIpc) is 3.32.